The van der Waals surface area contributed by atoms with E-state index in [1.54, 1.807) is 56.0 Å². The van der Waals surface area contributed by atoms with E-state index in [2.05, 4.69) is 10.1 Å². The van der Waals surface area contributed by atoms with Gasteiger partial charge in [0, 0.05) is 24.9 Å². The van der Waals surface area contributed by atoms with E-state index in [0.717, 1.165) is 5.56 Å². The van der Waals surface area contributed by atoms with Gasteiger partial charge in [-0.3, -0.25) is 14.5 Å². The van der Waals surface area contributed by atoms with Gasteiger partial charge in [-0.1, -0.05) is 42.5 Å². The summed E-state index contributed by atoms with van der Waals surface area (Å²) in [6.07, 6.45) is -1.71. The van der Waals surface area contributed by atoms with Crippen LogP contribution in [0, 0.1) is 0 Å². The first-order valence-corrected chi connectivity index (χ1v) is 14.6. The average molecular weight is 640 g/mol. The maximum atomic E-state index is 13.4. The molecule has 12 heteroatoms. The van der Waals surface area contributed by atoms with Crippen molar-refractivity contribution in [3.63, 3.8) is 0 Å². The van der Waals surface area contributed by atoms with Crippen LogP contribution in [-0.2, 0) is 20.9 Å². The second kappa shape index (κ2) is 14.9. The molecule has 1 saturated heterocycles. The molecule has 4 rings (SSSR count). The van der Waals surface area contributed by atoms with Crippen molar-refractivity contribution in [1.82, 2.24) is 10.2 Å². The first kappa shape index (κ1) is 33.9. The Morgan fingerprint density at radius 2 is 1.59 bits per heavy atom. The number of anilines is 1. The molecule has 3 amide bonds. The lowest BCUT2D eigenvalue weighted by atomic mass is 10.2. The highest BCUT2D eigenvalue weighted by molar-refractivity contribution is 6.06. The van der Waals surface area contributed by atoms with E-state index >= 15 is 0 Å². The van der Waals surface area contributed by atoms with E-state index in [1.807, 2.05) is 30.3 Å². The van der Waals surface area contributed by atoms with Gasteiger partial charge >= 0.3 is 12.5 Å². The van der Waals surface area contributed by atoms with Crippen molar-refractivity contribution in [3.05, 3.63) is 96.1 Å². The van der Waals surface area contributed by atoms with Crippen LogP contribution in [0.4, 0.5) is 23.7 Å². The van der Waals surface area contributed by atoms with Crippen LogP contribution >= 0.6 is 0 Å². The van der Waals surface area contributed by atoms with Crippen LogP contribution < -0.4 is 19.7 Å². The lowest BCUT2D eigenvalue weighted by molar-refractivity contribution is -0.274. The molecule has 46 heavy (non-hydrogen) atoms. The number of carbonyl (C=O) groups excluding carboxylic acids is 3. The molecule has 0 spiro atoms. The highest BCUT2D eigenvalue weighted by atomic mass is 19.4. The third-order valence-electron chi connectivity index (χ3n) is 6.75. The number of rotatable bonds is 10. The molecule has 0 bridgehead atoms. The molecule has 1 aliphatic rings. The Hall–Kier alpha value is -5.00. The smallest absolute Gasteiger partial charge is 0.489 e. The Bertz CT molecular complexity index is 1500. The summed E-state index contributed by atoms with van der Waals surface area (Å²) in [5.41, 5.74) is 1.25. The lowest BCUT2D eigenvalue weighted by Gasteiger charge is -2.25. The fraction of sp³-hybridized carbons (Fsp3) is 0.324. The van der Waals surface area contributed by atoms with E-state index in [9.17, 15) is 27.6 Å². The number of halogens is 3. The molecule has 0 aliphatic carbocycles. The van der Waals surface area contributed by atoms with Gasteiger partial charge in [-0.15, -0.1) is 13.2 Å². The van der Waals surface area contributed by atoms with Crippen molar-refractivity contribution in [1.29, 1.82) is 0 Å². The van der Waals surface area contributed by atoms with Crippen LogP contribution in [0.5, 0.6) is 11.5 Å². The zero-order chi connectivity index (χ0) is 33.3. The molecular weight excluding hydrogens is 603 g/mol. The van der Waals surface area contributed by atoms with E-state index < -0.39 is 24.0 Å². The zero-order valence-electron chi connectivity index (χ0n) is 25.8. The molecule has 0 unspecified atom stereocenters. The Morgan fingerprint density at radius 1 is 0.935 bits per heavy atom. The van der Waals surface area contributed by atoms with Crippen molar-refractivity contribution in [2.75, 3.05) is 24.5 Å². The standard InChI is InChI=1S/C34H36F3N3O6/c1-33(2,3)46-32(43)38-26-19-20-39(21-26)31(42)22-40(30(41)18-11-24-7-5-4-6-8-24)27-12-16-28(17-13-27)44-23-25-9-14-29(15-10-25)45-34(35,36)37/h4-18,26H,19-23H2,1-3H3,(H,38,43)/b18-11+/t26-/m0/s1. The van der Waals surface area contributed by atoms with Crippen LogP contribution in [0.15, 0.2) is 84.9 Å². The van der Waals surface area contributed by atoms with Crippen molar-refractivity contribution < 1.29 is 41.8 Å². The molecule has 0 aromatic heterocycles. The lowest BCUT2D eigenvalue weighted by Crippen LogP contribution is -2.44. The van der Waals surface area contributed by atoms with Gasteiger partial charge in [0.05, 0.1) is 6.04 Å². The van der Waals surface area contributed by atoms with E-state index in [0.29, 0.717) is 30.0 Å². The molecule has 0 radical (unpaired) electrons. The fourth-order valence-corrected chi connectivity index (χ4v) is 4.61. The quantitative estimate of drug-likeness (QED) is 0.260. The van der Waals surface area contributed by atoms with Gasteiger partial charge in [0.15, 0.2) is 0 Å². The van der Waals surface area contributed by atoms with Gasteiger partial charge in [-0.25, -0.2) is 4.79 Å². The topological polar surface area (TPSA) is 97.4 Å². The third kappa shape index (κ3) is 10.9. The monoisotopic (exact) mass is 639 g/mol. The molecule has 1 N–H and O–H groups in total. The Kier molecular flexibility index (Phi) is 10.9. The minimum Gasteiger partial charge on any atom is -0.489 e. The molecule has 1 heterocycles. The maximum Gasteiger partial charge on any atom is 0.573 e. The highest BCUT2D eigenvalue weighted by Gasteiger charge is 2.32. The molecule has 3 aromatic carbocycles. The number of hydrogen-bond acceptors (Lipinski definition) is 6. The van der Waals surface area contributed by atoms with Crippen LogP contribution in [0.1, 0.15) is 38.3 Å². The first-order valence-electron chi connectivity index (χ1n) is 14.6. The molecule has 1 aliphatic heterocycles. The molecule has 3 aromatic rings. The van der Waals surface area contributed by atoms with Crippen LogP contribution in [0.2, 0.25) is 0 Å². The molecule has 1 atom stereocenters. The number of carbonyl (C=O) groups is 3. The van der Waals surface area contributed by atoms with Gasteiger partial charge in [0.2, 0.25) is 5.91 Å². The van der Waals surface area contributed by atoms with E-state index in [1.165, 1.54) is 35.2 Å². The molecule has 244 valence electrons. The Morgan fingerprint density at radius 3 is 2.22 bits per heavy atom. The first-order chi connectivity index (χ1) is 21.7. The number of amides is 3. The van der Waals surface area contributed by atoms with Crippen molar-refractivity contribution in [2.24, 2.45) is 0 Å². The summed E-state index contributed by atoms with van der Waals surface area (Å²) in [6.45, 7) is 5.86. The number of ether oxygens (including phenoxy) is 3. The fourth-order valence-electron chi connectivity index (χ4n) is 4.61. The molecular formula is C34H36F3N3O6. The Balaban J connectivity index is 1.41. The van der Waals surface area contributed by atoms with Gasteiger partial charge in [-0.2, -0.15) is 0 Å². The van der Waals surface area contributed by atoms with Gasteiger partial charge < -0.3 is 24.4 Å². The average Bonchev–Trinajstić information content (AvgIpc) is 3.46. The summed E-state index contributed by atoms with van der Waals surface area (Å²) in [7, 11) is 0. The number of alkyl carbamates (subject to hydrolysis) is 1. The van der Waals surface area contributed by atoms with Crippen LogP contribution in [0.25, 0.3) is 6.08 Å². The Labute approximate surface area is 265 Å². The third-order valence-corrected chi connectivity index (χ3v) is 6.75. The SMILES string of the molecule is CC(C)(C)OC(=O)N[C@H]1CCN(C(=O)CN(C(=O)/C=C/c2ccccc2)c2ccc(OCc3ccc(OC(F)(F)F)cc3)cc2)C1. The summed E-state index contributed by atoms with van der Waals surface area (Å²) in [5, 5.41) is 2.80. The summed E-state index contributed by atoms with van der Waals surface area (Å²) in [6, 6.07) is 20.9. The summed E-state index contributed by atoms with van der Waals surface area (Å²) >= 11 is 0. The molecule has 1 fully saturated rings. The minimum atomic E-state index is -4.77. The summed E-state index contributed by atoms with van der Waals surface area (Å²) in [4.78, 5) is 41.9. The largest absolute Gasteiger partial charge is 0.573 e. The number of nitrogens with zero attached hydrogens (tertiary/aromatic N) is 2. The number of hydrogen-bond donors (Lipinski definition) is 1. The van der Waals surface area contributed by atoms with E-state index in [-0.39, 0.29) is 37.4 Å². The minimum absolute atomic E-state index is 0.0834. The summed E-state index contributed by atoms with van der Waals surface area (Å²) < 4.78 is 52.2. The zero-order valence-corrected chi connectivity index (χ0v) is 25.8. The highest BCUT2D eigenvalue weighted by Crippen LogP contribution is 2.25. The number of benzene rings is 3. The molecule has 9 nitrogen and oxygen atoms in total. The predicted octanol–water partition coefficient (Wildman–Crippen LogP) is 6.34. The van der Waals surface area contributed by atoms with Gasteiger partial charge in [-0.05, 0) is 80.8 Å². The van der Waals surface area contributed by atoms with E-state index in [4.69, 9.17) is 9.47 Å². The molecule has 0 saturated carbocycles. The maximum absolute atomic E-state index is 13.4. The summed E-state index contributed by atoms with van der Waals surface area (Å²) in [5.74, 6) is -0.568. The van der Waals surface area contributed by atoms with Crippen molar-refractivity contribution >= 4 is 29.7 Å². The normalized spacial score (nSPS) is 15.0. The second-order valence-electron chi connectivity index (χ2n) is 11.6. The van der Waals surface area contributed by atoms with Gasteiger partial charge in [0.1, 0.15) is 30.3 Å². The van der Waals surface area contributed by atoms with Crippen molar-refractivity contribution in [3.8, 4) is 11.5 Å². The number of alkyl halides is 3. The second-order valence-corrected chi connectivity index (χ2v) is 11.6. The number of nitrogens with one attached hydrogen (secondary N) is 1. The predicted molar refractivity (Wildman–Crippen MR) is 166 cm³/mol. The number of likely N-dealkylation sites (tertiary alicyclic amines) is 1. The van der Waals surface area contributed by atoms with Crippen LogP contribution in [-0.4, -0.2) is 60.4 Å². The van der Waals surface area contributed by atoms with Crippen molar-refractivity contribution in [2.45, 2.75) is 51.8 Å². The van der Waals surface area contributed by atoms with Crippen LogP contribution in [0.3, 0.4) is 0 Å². The van der Waals surface area contributed by atoms with Gasteiger partial charge in [0.25, 0.3) is 5.91 Å².